The van der Waals surface area contributed by atoms with Crippen LogP contribution in [0, 0.1) is 5.82 Å². The lowest BCUT2D eigenvalue weighted by molar-refractivity contribution is 0.0698. The van der Waals surface area contributed by atoms with Crippen molar-refractivity contribution in [3.05, 3.63) is 40.0 Å². The van der Waals surface area contributed by atoms with Gasteiger partial charge in [-0.3, -0.25) is 0 Å². The van der Waals surface area contributed by atoms with Crippen molar-refractivity contribution in [1.29, 1.82) is 0 Å². The Balaban J connectivity index is 2.29. The molecule has 0 saturated heterocycles. The minimum absolute atomic E-state index is 0.176. The van der Waals surface area contributed by atoms with Crippen LogP contribution >= 0.6 is 22.9 Å². The van der Waals surface area contributed by atoms with Crippen LogP contribution in [0.1, 0.15) is 10.4 Å². The van der Waals surface area contributed by atoms with Gasteiger partial charge in [-0.1, -0.05) is 11.6 Å². The summed E-state index contributed by atoms with van der Waals surface area (Å²) in [6.07, 6.45) is 0. The summed E-state index contributed by atoms with van der Waals surface area (Å²) in [6.45, 7) is 0. The van der Waals surface area contributed by atoms with Crippen LogP contribution in [0.5, 0.6) is 0 Å². The van der Waals surface area contributed by atoms with Crippen LogP contribution in [0.15, 0.2) is 23.6 Å². The second-order valence-electron chi connectivity index (χ2n) is 3.84. The molecule has 2 N–H and O–H groups in total. The molecule has 0 amide bonds. The number of hydrogen-bond donors (Lipinski definition) is 2. The number of aromatic nitrogens is 2. The Hall–Kier alpha value is -1.92. The van der Waals surface area contributed by atoms with Crippen LogP contribution in [0.3, 0.4) is 0 Å². The summed E-state index contributed by atoms with van der Waals surface area (Å²) in [5.74, 6) is -1.42. The van der Waals surface area contributed by atoms with Crippen LogP contribution in [0.4, 0.5) is 4.39 Å². The maximum absolute atomic E-state index is 13.4. The summed E-state index contributed by atoms with van der Waals surface area (Å²) < 4.78 is 13.4. The van der Waals surface area contributed by atoms with Crippen molar-refractivity contribution in [2.24, 2.45) is 0 Å². The van der Waals surface area contributed by atoms with Crippen molar-refractivity contribution in [1.82, 2.24) is 9.97 Å². The van der Waals surface area contributed by atoms with Crippen LogP contribution in [0.2, 0.25) is 5.02 Å². The molecule has 7 heteroatoms. The third-order valence-electron chi connectivity index (χ3n) is 2.61. The Labute approximate surface area is 115 Å². The van der Waals surface area contributed by atoms with Gasteiger partial charge < -0.3 is 10.1 Å². The summed E-state index contributed by atoms with van der Waals surface area (Å²) in [7, 11) is 0. The number of carboxylic acids is 1. The van der Waals surface area contributed by atoms with Crippen molar-refractivity contribution in [3.8, 4) is 10.7 Å². The fourth-order valence-corrected chi connectivity index (χ4v) is 2.91. The van der Waals surface area contributed by atoms with Gasteiger partial charge in [0.25, 0.3) is 0 Å². The first-order chi connectivity index (χ1) is 9.06. The molecule has 1 aromatic carbocycles. The molecular weight excluding hydrogens is 291 g/mol. The first kappa shape index (κ1) is 12.1. The van der Waals surface area contributed by atoms with Gasteiger partial charge in [0.1, 0.15) is 17.2 Å². The van der Waals surface area contributed by atoms with E-state index in [0.29, 0.717) is 21.2 Å². The number of carboxylic acid groups (broad SMARTS) is 1. The van der Waals surface area contributed by atoms with Crippen LogP contribution in [-0.2, 0) is 0 Å². The fourth-order valence-electron chi connectivity index (χ4n) is 1.82. The van der Waals surface area contributed by atoms with Crippen molar-refractivity contribution < 1.29 is 14.3 Å². The lowest BCUT2D eigenvalue weighted by Crippen LogP contribution is -1.98. The van der Waals surface area contributed by atoms with Crippen LogP contribution in [0.25, 0.3) is 21.7 Å². The Morgan fingerprint density at radius 3 is 2.89 bits per heavy atom. The number of nitrogens with zero attached hydrogens (tertiary/aromatic N) is 1. The van der Waals surface area contributed by atoms with Gasteiger partial charge >= 0.3 is 5.97 Å². The molecular formula is C12H6ClFN2O2S. The van der Waals surface area contributed by atoms with Gasteiger partial charge in [0.15, 0.2) is 0 Å². The smallest absolute Gasteiger partial charge is 0.338 e. The van der Waals surface area contributed by atoms with E-state index in [9.17, 15) is 9.18 Å². The van der Waals surface area contributed by atoms with Gasteiger partial charge in [-0.15, -0.1) is 11.3 Å². The molecule has 0 aliphatic rings. The zero-order valence-corrected chi connectivity index (χ0v) is 10.8. The Morgan fingerprint density at radius 1 is 1.47 bits per heavy atom. The zero-order chi connectivity index (χ0) is 13.6. The number of fused-ring (bicyclic) bond motifs is 1. The van der Waals surface area contributed by atoms with Crippen LogP contribution in [-0.4, -0.2) is 21.0 Å². The monoisotopic (exact) mass is 296 g/mol. The van der Waals surface area contributed by atoms with E-state index >= 15 is 0 Å². The van der Waals surface area contributed by atoms with Gasteiger partial charge in [0.05, 0.1) is 21.0 Å². The summed E-state index contributed by atoms with van der Waals surface area (Å²) in [6, 6.07) is 3.87. The molecule has 0 spiro atoms. The minimum atomic E-state index is -1.22. The Bertz CT molecular complexity index is 796. The van der Waals surface area contributed by atoms with E-state index < -0.39 is 11.8 Å². The van der Waals surface area contributed by atoms with Gasteiger partial charge in [-0.2, -0.15) is 0 Å². The maximum atomic E-state index is 13.4. The lowest BCUT2D eigenvalue weighted by atomic mass is 10.2. The van der Waals surface area contributed by atoms with Crippen molar-refractivity contribution in [2.75, 3.05) is 0 Å². The van der Waals surface area contributed by atoms with E-state index in [4.69, 9.17) is 16.7 Å². The molecule has 3 aromatic rings. The number of rotatable bonds is 2. The molecule has 0 radical (unpaired) electrons. The van der Waals surface area contributed by atoms with Crippen molar-refractivity contribution in [3.63, 3.8) is 0 Å². The number of aromatic amines is 1. The number of thiophene rings is 1. The van der Waals surface area contributed by atoms with E-state index in [1.807, 2.05) is 0 Å². The van der Waals surface area contributed by atoms with E-state index in [0.717, 1.165) is 6.07 Å². The molecule has 19 heavy (non-hydrogen) atoms. The third kappa shape index (κ3) is 1.98. The summed E-state index contributed by atoms with van der Waals surface area (Å²) in [4.78, 5) is 18.9. The van der Waals surface area contributed by atoms with Gasteiger partial charge in [0, 0.05) is 0 Å². The molecule has 0 unspecified atom stereocenters. The quantitative estimate of drug-likeness (QED) is 0.756. The highest BCUT2D eigenvalue weighted by atomic mass is 35.5. The van der Waals surface area contributed by atoms with Gasteiger partial charge in [-0.25, -0.2) is 14.2 Å². The minimum Gasteiger partial charge on any atom is -0.478 e. The second-order valence-corrected chi connectivity index (χ2v) is 5.16. The number of halogens is 2. The van der Waals surface area contributed by atoms with Gasteiger partial charge in [0.2, 0.25) is 0 Å². The number of H-pyrrole nitrogens is 1. The largest absolute Gasteiger partial charge is 0.478 e. The Morgan fingerprint density at radius 2 is 2.26 bits per heavy atom. The van der Waals surface area contributed by atoms with E-state index in [1.165, 1.54) is 17.4 Å². The first-order valence-corrected chi connectivity index (χ1v) is 6.48. The normalized spacial score (nSPS) is 11.1. The third-order valence-corrected chi connectivity index (χ3v) is 3.96. The predicted octanol–water partition coefficient (Wildman–Crippen LogP) is 3.78. The van der Waals surface area contributed by atoms with Crippen molar-refractivity contribution >= 4 is 39.9 Å². The topological polar surface area (TPSA) is 66.0 Å². The molecule has 0 fully saturated rings. The molecule has 2 heterocycles. The van der Waals surface area contributed by atoms with E-state index in [1.54, 1.807) is 11.4 Å². The number of hydrogen-bond acceptors (Lipinski definition) is 3. The fraction of sp³-hybridized carbons (Fsp3) is 0. The molecule has 96 valence electrons. The molecule has 0 aliphatic carbocycles. The molecule has 2 aromatic heterocycles. The molecule has 0 aliphatic heterocycles. The standard InChI is InChI=1S/C12H6ClFN2O2S/c13-7-1-2-19-10(7)11-15-8-4-5(14)3-6(12(17)18)9(8)16-11/h1-4H,(H,15,16)(H,17,18). The number of imidazole rings is 1. The SMILES string of the molecule is O=C(O)c1cc(F)cc2[nH]c(-c3sccc3Cl)nc12. The molecule has 0 atom stereocenters. The average Bonchev–Trinajstić information content (AvgIpc) is 2.93. The predicted molar refractivity (Wildman–Crippen MR) is 71.3 cm³/mol. The van der Waals surface area contributed by atoms with Gasteiger partial charge in [-0.05, 0) is 23.6 Å². The highest BCUT2D eigenvalue weighted by Gasteiger charge is 2.17. The van der Waals surface area contributed by atoms with Crippen LogP contribution < -0.4 is 0 Å². The molecule has 3 rings (SSSR count). The summed E-state index contributed by atoms with van der Waals surface area (Å²) >= 11 is 7.36. The highest BCUT2D eigenvalue weighted by Crippen LogP contribution is 2.33. The number of carbonyl (C=O) groups is 1. The zero-order valence-electron chi connectivity index (χ0n) is 9.28. The van der Waals surface area contributed by atoms with Crippen molar-refractivity contribution in [2.45, 2.75) is 0 Å². The van der Waals surface area contributed by atoms with E-state index in [-0.39, 0.29) is 11.1 Å². The summed E-state index contributed by atoms with van der Waals surface area (Å²) in [5, 5.41) is 11.4. The lowest BCUT2D eigenvalue weighted by Gasteiger charge is -1.95. The molecule has 0 saturated carbocycles. The average molecular weight is 297 g/mol. The first-order valence-electron chi connectivity index (χ1n) is 5.22. The Kier molecular flexibility index (Phi) is 2.76. The highest BCUT2D eigenvalue weighted by molar-refractivity contribution is 7.14. The van der Waals surface area contributed by atoms with E-state index in [2.05, 4.69) is 9.97 Å². The maximum Gasteiger partial charge on any atom is 0.338 e. The number of nitrogens with one attached hydrogen (secondary N) is 1. The second kappa shape index (κ2) is 4.32. The molecule has 4 nitrogen and oxygen atoms in total. The molecule has 0 bridgehead atoms. The number of aromatic carboxylic acids is 1. The summed E-state index contributed by atoms with van der Waals surface area (Å²) in [5.41, 5.74) is 0.371. The number of benzene rings is 1.